The second kappa shape index (κ2) is 11.8. The molecule has 2 aromatic rings. The summed E-state index contributed by atoms with van der Waals surface area (Å²) < 4.78 is 67.1. The summed E-state index contributed by atoms with van der Waals surface area (Å²) in [5, 5.41) is 12.4. The summed E-state index contributed by atoms with van der Waals surface area (Å²) in [4.78, 5) is 1.71. The van der Waals surface area contributed by atoms with Gasteiger partial charge in [0, 0.05) is 18.2 Å². The molecule has 1 heterocycles. The Hall–Kier alpha value is -2.62. The molecule has 0 fully saturated rings. The zero-order valence-corrected chi connectivity index (χ0v) is 21.2. The molecule has 0 bridgehead atoms. The van der Waals surface area contributed by atoms with Crippen molar-refractivity contribution in [3.63, 3.8) is 0 Å². The summed E-state index contributed by atoms with van der Waals surface area (Å²) in [6.07, 6.45) is 1.44. The Morgan fingerprint density at radius 2 is 1.97 bits per heavy atom. The van der Waals surface area contributed by atoms with E-state index in [0.29, 0.717) is 56.0 Å². The number of alkyl halides is 3. The molecule has 2 N–H and O–H groups in total. The Morgan fingerprint density at radius 1 is 1.16 bits per heavy atom. The van der Waals surface area contributed by atoms with E-state index >= 15 is 0 Å². The highest BCUT2D eigenvalue weighted by molar-refractivity contribution is 5.79. The fourth-order valence-electron chi connectivity index (χ4n) is 5.34. The Labute approximate surface area is 215 Å². The van der Waals surface area contributed by atoms with Gasteiger partial charge >= 0.3 is 0 Å². The van der Waals surface area contributed by atoms with Crippen LogP contribution in [0.3, 0.4) is 0 Å². The van der Waals surface area contributed by atoms with Crippen LogP contribution in [0, 0.1) is 5.82 Å². The summed E-state index contributed by atoms with van der Waals surface area (Å²) in [7, 11) is 1.53. The number of fused-ring (bicyclic) bond motifs is 2. The average Bonchev–Trinajstić information content (AvgIpc) is 3.23. The van der Waals surface area contributed by atoms with Gasteiger partial charge < -0.3 is 19.9 Å². The Bertz CT molecular complexity index is 1120. The monoisotopic (exact) mass is 522 g/mol. The van der Waals surface area contributed by atoms with E-state index in [2.05, 4.69) is 5.32 Å². The molecule has 4 rings (SSSR count). The summed E-state index contributed by atoms with van der Waals surface area (Å²) in [6.45, 7) is 1.05. The lowest BCUT2D eigenvalue weighted by atomic mass is 9.84. The molecular formula is C28H34F4N2O3. The molecule has 1 aliphatic carbocycles. The normalized spacial score (nSPS) is 19.6. The number of halogens is 4. The summed E-state index contributed by atoms with van der Waals surface area (Å²) in [6, 6.07) is 9.14. The second-order valence-corrected chi connectivity index (χ2v) is 9.67. The molecule has 2 atom stereocenters. The highest BCUT2D eigenvalue weighted by Gasteiger charge is 2.44. The lowest BCUT2D eigenvalue weighted by Gasteiger charge is -2.43. The number of ether oxygens (including phenoxy) is 2. The van der Waals surface area contributed by atoms with Gasteiger partial charge in [-0.25, -0.2) is 13.2 Å². The van der Waals surface area contributed by atoms with Gasteiger partial charge in [-0.1, -0.05) is 6.07 Å². The minimum Gasteiger partial charge on any atom is -0.496 e. The molecule has 2 aliphatic rings. The van der Waals surface area contributed by atoms with E-state index in [4.69, 9.17) is 9.47 Å². The first-order chi connectivity index (χ1) is 17.8. The number of nitrogens with zero attached hydrogens (tertiary/aromatic N) is 1. The molecule has 0 spiro atoms. The Balaban J connectivity index is 1.71. The van der Waals surface area contributed by atoms with Crippen molar-refractivity contribution in [2.24, 2.45) is 0 Å². The number of nitrogens with one attached hydrogen (secondary N) is 1. The predicted molar refractivity (Wildman–Crippen MR) is 135 cm³/mol. The fraction of sp³-hybridized carbons (Fsp3) is 0.500. The van der Waals surface area contributed by atoms with Gasteiger partial charge in [-0.3, -0.25) is 9.29 Å². The molecule has 5 nitrogen and oxygen atoms in total. The number of hydrogen-bond donors (Lipinski definition) is 2. The SMILES string of the molecule is COc1ccc(OCCNCCCF)cc1[C@@H]1C2=C(C[C@@H](C)N1CC(F)(F)CO)c1cc(F)ccc1C2. The molecule has 2 aromatic carbocycles. The van der Waals surface area contributed by atoms with E-state index in [-0.39, 0.29) is 18.5 Å². The van der Waals surface area contributed by atoms with E-state index in [1.807, 2.05) is 6.92 Å². The van der Waals surface area contributed by atoms with Crippen molar-refractivity contribution in [1.29, 1.82) is 0 Å². The van der Waals surface area contributed by atoms with Crippen LogP contribution >= 0.6 is 0 Å². The van der Waals surface area contributed by atoms with E-state index in [0.717, 1.165) is 22.3 Å². The lowest BCUT2D eigenvalue weighted by Crippen LogP contribution is -2.48. The number of aliphatic hydroxyl groups excluding tert-OH is 1. The number of aliphatic hydroxyl groups is 1. The molecule has 1 aliphatic heterocycles. The Morgan fingerprint density at radius 3 is 2.70 bits per heavy atom. The Kier molecular flexibility index (Phi) is 8.77. The quantitative estimate of drug-likeness (QED) is 0.306. The molecule has 0 aromatic heterocycles. The first-order valence-corrected chi connectivity index (χ1v) is 12.6. The minimum atomic E-state index is -3.30. The van der Waals surface area contributed by atoms with Crippen molar-refractivity contribution < 1.29 is 32.1 Å². The van der Waals surface area contributed by atoms with Crippen LogP contribution in [-0.4, -0.2) is 68.6 Å². The topological polar surface area (TPSA) is 54.0 Å². The average molecular weight is 523 g/mol. The van der Waals surface area contributed by atoms with Crippen molar-refractivity contribution in [2.45, 2.75) is 44.2 Å². The molecule has 0 radical (unpaired) electrons. The largest absolute Gasteiger partial charge is 0.496 e. The molecule has 9 heteroatoms. The van der Waals surface area contributed by atoms with Crippen LogP contribution in [0.1, 0.15) is 42.5 Å². The van der Waals surface area contributed by atoms with E-state index in [1.54, 1.807) is 29.2 Å². The van der Waals surface area contributed by atoms with Crippen LogP contribution in [0.5, 0.6) is 11.5 Å². The van der Waals surface area contributed by atoms with Crippen molar-refractivity contribution >= 4 is 5.57 Å². The van der Waals surface area contributed by atoms with Gasteiger partial charge in [-0.2, -0.15) is 0 Å². The number of benzene rings is 2. The van der Waals surface area contributed by atoms with Gasteiger partial charge in [0.2, 0.25) is 0 Å². The zero-order chi connectivity index (χ0) is 26.6. The summed E-state index contributed by atoms with van der Waals surface area (Å²) >= 11 is 0. The first kappa shape index (κ1) is 27.4. The zero-order valence-electron chi connectivity index (χ0n) is 21.2. The molecule has 0 amide bonds. The van der Waals surface area contributed by atoms with Crippen LogP contribution in [0.2, 0.25) is 0 Å². The summed E-state index contributed by atoms with van der Waals surface area (Å²) in [5.74, 6) is -2.55. The smallest absolute Gasteiger partial charge is 0.283 e. The van der Waals surface area contributed by atoms with Crippen LogP contribution < -0.4 is 14.8 Å². The van der Waals surface area contributed by atoms with Crippen molar-refractivity contribution in [3.05, 3.63) is 64.5 Å². The van der Waals surface area contributed by atoms with Crippen molar-refractivity contribution in [3.8, 4) is 11.5 Å². The van der Waals surface area contributed by atoms with Crippen molar-refractivity contribution in [1.82, 2.24) is 10.2 Å². The van der Waals surface area contributed by atoms with Gasteiger partial charge in [-0.15, -0.1) is 0 Å². The lowest BCUT2D eigenvalue weighted by molar-refractivity contribution is -0.0858. The van der Waals surface area contributed by atoms with Crippen LogP contribution in [0.4, 0.5) is 17.6 Å². The van der Waals surface area contributed by atoms with Gasteiger partial charge in [0.05, 0.1) is 26.4 Å². The van der Waals surface area contributed by atoms with E-state index < -0.39 is 25.1 Å². The molecule has 0 saturated carbocycles. The number of hydrogen-bond acceptors (Lipinski definition) is 5. The highest BCUT2D eigenvalue weighted by atomic mass is 19.3. The van der Waals surface area contributed by atoms with E-state index in [1.165, 1.54) is 19.2 Å². The van der Waals surface area contributed by atoms with Gasteiger partial charge in [0.15, 0.2) is 0 Å². The third-order valence-electron chi connectivity index (χ3n) is 7.07. The van der Waals surface area contributed by atoms with Crippen LogP contribution in [0.15, 0.2) is 42.0 Å². The maximum atomic E-state index is 14.6. The van der Waals surface area contributed by atoms with Gasteiger partial charge in [-0.05, 0) is 85.3 Å². The second-order valence-electron chi connectivity index (χ2n) is 9.67. The molecule has 37 heavy (non-hydrogen) atoms. The third kappa shape index (κ3) is 6.10. The predicted octanol–water partition coefficient (Wildman–Crippen LogP) is 4.94. The van der Waals surface area contributed by atoms with Gasteiger partial charge in [0.1, 0.15) is 30.5 Å². The highest BCUT2D eigenvalue weighted by Crippen LogP contribution is 2.51. The summed E-state index contributed by atoms with van der Waals surface area (Å²) in [5.41, 5.74) is 4.36. The molecule has 0 saturated heterocycles. The van der Waals surface area contributed by atoms with Crippen LogP contribution in [-0.2, 0) is 6.42 Å². The number of rotatable bonds is 12. The maximum absolute atomic E-state index is 14.6. The standard InChI is InChI=1S/C28H34F4N2O3/c1-18-12-23-22-14-20(30)5-4-19(22)13-24(23)27(34(18)16-28(31,32)17-35)25-15-21(6-7-26(25)36-2)37-11-10-33-9-3-8-29/h4-7,14-15,18,27,33,35H,3,8-13,16-17H2,1-2H3/t18-,27+/m1/s1. The fourth-order valence-corrected chi connectivity index (χ4v) is 5.34. The molecular weight excluding hydrogens is 488 g/mol. The van der Waals surface area contributed by atoms with Gasteiger partial charge in [0.25, 0.3) is 5.92 Å². The third-order valence-corrected chi connectivity index (χ3v) is 7.07. The number of methoxy groups -OCH3 is 1. The van der Waals surface area contributed by atoms with E-state index in [9.17, 15) is 22.7 Å². The van der Waals surface area contributed by atoms with Crippen molar-refractivity contribution in [2.75, 3.05) is 46.6 Å². The first-order valence-electron chi connectivity index (χ1n) is 12.6. The maximum Gasteiger partial charge on any atom is 0.283 e. The minimum absolute atomic E-state index is 0.302. The van der Waals surface area contributed by atoms with Crippen LogP contribution in [0.25, 0.3) is 5.57 Å². The molecule has 0 unspecified atom stereocenters. The molecule has 202 valence electrons.